The van der Waals surface area contributed by atoms with E-state index in [1.165, 1.54) is 18.9 Å². The summed E-state index contributed by atoms with van der Waals surface area (Å²) in [5.41, 5.74) is 5.00. The summed E-state index contributed by atoms with van der Waals surface area (Å²) >= 11 is 5.48. The predicted octanol–water partition coefficient (Wildman–Crippen LogP) is 3.10. The van der Waals surface area contributed by atoms with Gasteiger partial charge in [0.15, 0.2) is 11.8 Å². The molecule has 0 saturated carbocycles. The molecule has 1 N–H and O–H groups in total. The molecule has 0 saturated heterocycles. The third-order valence-corrected chi connectivity index (χ3v) is 5.73. The summed E-state index contributed by atoms with van der Waals surface area (Å²) < 4.78 is 11.7. The van der Waals surface area contributed by atoms with Crippen molar-refractivity contribution >= 4 is 75.0 Å². The Morgan fingerprint density at radius 1 is 1.17 bits per heavy atom. The number of carbonyl (C=O) groups is 2. The molecule has 0 aliphatic carbocycles. The van der Waals surface area contributed by atoms with E-state index in [-0.39, 0.29) is 18.3 Å². The summed E-state index contributed by atoms with van der Waals surface area (Å²) in [6, 6.07) is 5.55. The molecule has 1 aromatic heterocycles. The standard InChI is InChI=1S/C18H18I2N4O4S/c1-10-4-11(2)23-18(22-10)29-9-15(25)24-21-7-12-5-13(19)17(14(20)6-12)28-8-16(26)27-3/h4-7H,8-9H2,1-3H3,(H,24,25)/b21-7-. The lowest BCUT2D eigenvalue weighted by molar-refractivity contribution is -0.142. The van der Waals surface area contributed by atoms with E-state index in [9.17, 15) is 9.59 Å². The van der Waals surface area contributed by atoms with Crippen LogP contribution in [-0.2, 0) is 14.3 Å². The third kappa shape index (κ3) is 8.04. The van der Waals surface area contributed by atoms with E-state index in [4.69, 9.17) is 4.74 Å². The number of hydrazone groups is 1. The number of rotatable bonds is 8. The van der Waals surface area contributed by atoms with Crippen LogP contribution in [0.5, 0.6) is 5.75 Å². The van der Waals surface area contributed by atoms with Crippen LogP contribution in [0.25, 0.3) is 0 Å². The summed E-state index contributed by atoms with van der Waals surface area (Å²) in [5.74, 6) is 0.0587. The first-order valence-corrected chi connectivity index (χ1v) is 11.4. The largest absolute Gasteiger partial charge is 0.480 e. The van der Waals surface area contributed by atoms with Crippen LogP contribution in [0.15, 0.2) is 28.5 Å². The highest BCUT2D eigenvalue weighted by atomic mass is 127. The topological polar surface area (TPSA) is 103 Å². The predicted molar refractivity (Wildman–Crippen MR) is 127 cm³/mol. The zero-order chi connectivity index (χ0) is 21.4. The minimum absolute atomic E-state index is 0.159. The Morgan fingerprint density at radius 3 is 2.38 bits per heavy atom. The van der Waals surface area contributed by atoms with Gasteiger partial charge in [0.2, 0.25) is 0 Å². The van der Waals surface area contributed by atoms with Crippen molar-refractivity contribution in [3.05, 3.63) is 42.3 Å². The van der Waals surface area contributed by atoms with Gasteiger partial charge in [0.25, 0.3) is 5.91 Å². The highest BCUT2D eigenvalue weighted by molar-refractivity contribution is 14.1. The molecule has 0 aliphatic rings. The molecule has 0 unspecified atom stereocenters. The van der Waals surface area contributed by atoms with Crippen LogP contribution in [0.1, 0.15) is 17.0 Å². The van der Waals surface area contributed by atoms with Gasteiger partial charge in [-0.25, -0.2) is 20.2 Å². The second kappa shape index (κ2) is 11.6. The second-order valence-corrected chi connectivity index (χ2v) is 8.96. The fourth-order valence-corrected chi connectivity index (χ4v) is 4.95. The number of benzene rings is 1. The molecule has 154 valence electrons. The zero-order valence-electron chi connectivity index (χ0n) is 15.9. The van der Waals surface area contributed by atoms with Crippen molar-refractivity contribution in [1.29, 1.82) is 0 Å². The van der Waals surface area contributed by atoms with Crippen molar-refractivity contribution in [3.8, 4) is 5.75 Å². The molecular formula is C18H18I2N4O4S. The van der Waals surface area contributed by atoms with E-state index in [0.717, 1.165) is 24.1 Å². The highest BCUT2D eigenvalue weighted by Crippen LogP contribution is 2.28. The fraction of sp³-hybridized carbons (Fsp3) is 0.278. The van der Waals surface area contributed by atoms with Crippen LogP contribution in [0.4, 0.5) is 0 Å². The number of amides is 1. The normalized spacial score (nSPS) is 10.8. The number of aryl methyl sites for hydroxylation is 2. The summed E-state index contributed by atoms with van der Waals surface area (Å²) in [7, 11) is 1.31. The molecule has 0 aliphatic heterocycles. The Bertz CT molecular complexity index is 897. The Morgan fingerprint density at radius 2 is 1.79 bits per heavy atom. The molecule has 2 aromatic rings. The van der Waals surface area contributed by atoms with E-state index in [0.29, 0.717) is 10.9 Å². The molecule has 8 nitrogen and oxygen atoms in total. The number of halogens is 2. The Labute approximate surface area is 199 Å². The average Bonchev–Trinajstić information content (AvgIpc) is 2.64. The number of thioether (sulfide) groups is 1. The van der Waals surface area contributed by atoms with Crippen LogP contribution in [0.3, 0.4) is 0 Å². The van der Waals surface area contributed by atoms with Crippen molar-refractivity contribution < 1.29 is 19.1 Å². The molecule has 1 amide bonds. The minimum Gasteiger partial charge on any atom is -0.480 e. The molecule has 1 heterocycles. The van der Waals surface area contributed by atoms with Crippen LogP contribution in [-0.4, -0.2) is 47.5 Å². The summed E-state index contributed by atoms with van der Waals surface area (Å²) in [5, 5.41) is 4.55. The van der Waals surface area contributed by atoms with Gasteiger partial charge in [-0.1, -0.05) is 11.8 Å². The fourth-order valence-electron chi connectivity index (χ4n) is 2.08. The summed E-state index contributed by atoms with van der Waals surface area (Å²) in [6.07, 6.45) is 1.55. The number of methoxy groups -OCH3 is 1. The first-order chi connectivity index (χ1) is 13.8. The molecule has 11 heteroatoms. The van der Waals surface area contributed by atoms with Gasteiger partial charge in [-0.3, -0.25) is 4.79 Å². The maximum Gasteiger partial charge on any atom is 0.343 e. The molecular weight excluding hydrogens is 622 g/mol. The van der Waals surface area contributed by atoms with Gasteiger partial charge in [0.05, 0.1) is 26.2 Å². The highest BCUT2D eigenvalue weighted by Gasteiger charge is 2.11. The van der Waals surface area contributed by atoms with Crippen LogP contribution in [0.2, 0.25) is 0 Å². The zero-order valence-corrected chi connectivity index (χ0v) is 21.0. The van der Waals surface area contributed by atoms with E-state index >= 15 is 0 Å². The maximum absolute atomic E-state index is 12.0. The average molecular weight is 640 g/mol. The van der Waals surface area contributed by atoms with Gasteiger partial charge in [0, 0.05) is 11.4 Å². The van der Waals surface area contributed by atoms with Gasteiger partial charge in [-0.15, -0.1) is 0 Å². The number of nitrogens with one attached hydrogen (secondary N) is 1. The van der Waals surface area contributed by atoms with E-state index in [2.05, 4.69) is 70.4 Å². The summed E-state index contributed by atoms with van der Waals surface area (Å²) in [4.78, 5) is 31.8. The number of esters is 1. The molecule has 0 bridgehead atoms. The molecule has 0 radical (unpaired) electrons. The van der Waals surface area contributed by atoms with E-state index in [1.54, 1.807) is 6.21 Å². The Kier molecular flexibility index (Phi) is 9.55. The lowest BCUT2D eigenvalue weighted by Crippen LogP contribution is -2.20. The maximum atomic E-state index is 12.0. The molecule has 1 aromatic carbocycles. The SMILES string of the molecule is COC(=O)COc1c(I)cc(/C=N\NC(=O)CSc2nc(C)cc(C)n2)cc1I. The summed E-state index contributed by atoms with van der Waals surface area (Å²) in [6.45, 7) is 3.61. The number of aromatic nitrogens is 2. The van der Waals surface area contributed by atoms with Gasteiger partial charge in [-0.2, -0.15) is 5.10 Å². The quantitative estimate of drug-likeness (QED) is 0.118. The Balaban J connectivity index is 1.90. The van der Waals surface area contributed by atoms with Gasteiger partial charge < -0.3 is 9.47 Å². The molecule has 0 atom stereocenters. The monoisotopic (exact) mass is 640 g/mol. The van der Waals surface area contributed by atoms with Crippen molar-refractivity contribution in [2.24, 2.45) is 5.10 Å². The number of nitrogens with zero attached hydrogens (tertiary/aromatic N) is 3. The number of hydrogen-bond donors (Lipinski definition) is 1. The van der Waals surface area contributed by atoms with Crippen molar-refractivity contribution in [1.82, 2.24) is 15.4 Å². The van der Waals surface area contributed by atoms with Crippen molar-refractivity contribution in [2.75, 3.05) is 19.5 Å². The lowest BCUT2D eigenvalue weighted by atomic mass is 10.2. The minimum atomic E-state index is -0.450. The Hall–Kier alpha value is -1.48. The first kappa shape index (κ1) is 23.8. The van der Waals surface area contributed by atoms with Crippen LogP contribution in [0, 0.1) is 21.0 Å². The van der Waals surface area contributed by atoms with Crippen molar-refractivity contribution in [2.45, 2.75) is 19.0 Å². The molecule has 0 fully saturated rings. The first-order valence-electron chi connectivity index (χ1n) is 8.24. The molecule has 29 heavy (non-hydrogen) atoms. The lowest BCUT2D eigenvalue weighted by Gasteiger charge is -2.10. The van der Waals surface area contributed by atoms with Gasteiger partial charge in [-0.05, 0) is 82.8 Å². The second-order valence-electron chi connectivity index (χ2n) is 5.69. The van der Waals surface area contributed by atoms with Gasteiger partial charge >= 0.3 is 5.97 Å². The van der Waals surface area contributed by atoms with Gasteiger partial charge in [0.1, 0.15) is 5.75 Å². The smallest absolute Gasteiger partial charge is 0.343 e. The number of ether oxygens (including phenoxy) is 2. The number of carbonyl (C=O) groups excluding carboxylic acids is 2. The van der Waals surface area contributed by atoms with Crippen LogP contribution >= 0.6 is 56.9 Å². The number of hydrogen-bond acceptors (Lipinski definition) is 8. The molecule has 0 spiro atoms. The van der Waals surface area contributed by atoms with Crippen LogP contribution < -0.4 is 10.2 Å². The van der Waals surface area contributed by atoms with E-state index < -0.39 is 5.97 Å². The van der Waals surface area contributed by atoms with E-state index in [1.807, 2.05) is 32.0 Å². The molecule has 2 rings (SSSR count). The van der Waals surface area contributed by atoms with Crippen molar-refractivity contribution in [3.63, 3.8) is 0 Å². The third-order valence-electron chi connectivity index (χ3n) is 3.28.